The Morgan fingerprint density at radius 3 is 2.35 bits per heavy atom. The molecule has 1 aromatic heterocycles. The normalized spacial score (nSPS) is 14.3. The van der Waals surface area contributed by atoms with Crippen molar-refractivity contribution in [1.82, 2.24) is 30.1 Å². The van der Waals surface area contributed by atoms with Gasteiger partial charge in [-0.15, -0.1) is 0 Å². The molecule has 51 heavy (non-hydrogen) atoms. The van der Waals surface area contributed by atoms with Gasteiger partial charge in [-0.3, -0.25) is 14.6 Å². The van der Waals surface area contributed by atoms with E-state index in [0.29, 0.717) is 30.7 Å². The van der Waals surface area contributed by atoms with E-state index in [4.69, 9.17) is 33.7 Å². The summed E-state index contributed by atoms with van der Waals surface area (Å²) < 4.78 is 36.0. The first kappa shape index (κ1) is 40.1. The fourth-order valence-corrected chi connectivity index (χ4v) is 7.99. The number of aryl methyl sites for hydroxylation is 1. The molecule has 278 valence electrons. The highest BCUT2D eigenvalue weighted by Gasteiger charge is 2.39. The molecule has 1 saturated heterocycles. The molecule has 0 aliphatic carbocycles. The Morgan fingerprint density at radius 1 is 1.02 bits per heavy atom. The van der Waals surface area contributed by atoms with Crippen LogP contribution in [0.25, 0.3) is 10.9 Å². The zero-order valence-electron chi connectivity index (χ0n) is 29.8. The van der Waals surface area contributed by atoms with E-state index in [1.54, 1.807) is 11.0 Å². The van der Waals surface area contributed by atoms with E-state index < -0.39 is 27.5 Å². The molecule has 0 radical (unpaired) electrons. The summed E-state index contributed by atoms with van der Waals surface area (Å²) in [5, 5.41) is 7.31. The third-order valence-electron chi connectivity index (χ3n) is 8.39. The van der Waals surface area contributed by atoms with Crippen molar-refractivity contribution in [2.75, 3.05) is 45.8 Å². The molecular formula is C35H48Cl2N8O5S. The molecule has 0 bridgehead atoms. The molecular weight excluding hydrogens is 715 g/mol. The van der Waals surface area contributed by atoms with Gasteiger partial charge in [0.1, 0.15) is 28.3 Å². The Morgan fingerprint density at radius 2 is 1.69 bits per heavy atom. The van der Waals surface area contributed by atoms with Crippen molar-refractivity contribution in [3.05, 3.63) is 63.8 Å². The molecule has 0 unspecified atom stereocenters. The van der Waals surface area contributed by atoms with Crippen molar-refractivity contribution in [3.63, 3.8) is 0 Å². The van der Waals surface area contributed by atoms with Gasteiger partial charge in [-0.2, -0.15) is 4.72 Å². The Kier molecular flexibility index (Phi) is 13.9. The second kappa shape index (κ2) is 17.7. The monoisotopic (exact) mass is 762 g/mol. The Labute approximate surface area is 310 Å². The number of para-hydroxylation sites is 1. The summed E-state index contributed by atoms with van der Waals surface area (Å²) in [7, 11) is -4.31. The maximum Gasteiger partial charge on any atom is 0.243 e. The molecule has 0 saturated carbocycles. The number of aromatic nitrogens is 1. The summed E-state index contributed by atoms with van der Waals surface area (Å²) in [5.41, 5.74) is 6.43. The molecule has 1 fully saturated rings. The first-order valence-electron chi connectivity index (χ1n) is 17.0. The van der Waals surface area contributed by atoms with Gasteiger partial charge in [-0.25, -0.2) is 13.4 Å². The smallest absolute Gasteiger partial charge is 0.243 e. The van der Waals surface area contributed by atoms with Gasteiger partial charge < -0.3 is 30.9 Å². The number of carbonyl (C=O) groups excluding carboxylic acids is 2. The minimum Gasteiger partial charge on any atom is -0.487 e. The van der Waals surface area contributed by atoms with Crippen molar-refractivity contribution in [3.8, 4) is 5.75 Å². The standard InChI is InChI=1S/C35H48Cl2N8O5S/c1-6-39-34(40-7-2)41-17-9-11-27(38)32(46)44-18-20-45(21-19-44)33(47)35(4,5)43-51(48,49)29-16-15-26(36)25(30(29)37)22-50-28-12-8-10-24-14-13-23(3)42-31(24)28/h8,10,12-16,27,43H,6-7,9,11,17-22,38H2,1-5H3,(H2,39,40,41)/t27-/m1/s1. The van der Waals surface area contributed by atoms with Crippen LogP contribution in [0.2, 0.25) is 10.0 Å². The maximum atomic E-state index is 13.7. The van der Waals surface area contributed by atoms with Gasteiger partial charge in [-0.05, 0) is 71.7 Å². The number of aliphatic imine (C=N–C) groups is 1. The highest BCUT2D eigenvalue weighted by atomic mass is 35.5. The molecule has 4 rings (SSSR count). The average Bonchev–Trinajstić information content (AvgIpc) is 3.09. The average molecular weight is 764 g/mol. The third-order valence-corrected chi connectivity index (χ3v) is 11.0. The van der Waals surface area contributed by atoms with Crippen LogP contribution in [0.3, 0.4) is 0 Å². The van der Waals surface area contributed by atoms with Crippen LogP contribution in [-0.2, 0) is 26.2 Å². The topological polar surface area (TPSA) is 171 Å². The number of halogens is 2. The van der Waals surface area contributed by atoms with Crippen LogP contribution in [0.5, 0.6) is 5.75 Å². The van der Waals surface area contributed by atoms with Crippen LogP contribution >= 0.6 is 23.2 Å². The molecule has 13 nitrogen and oxygen atoms in total. The predicted octanol–water partition coefficient (Wildman–Crippen LogP) is 3.84. The van der Waals surface area contributed by atoms with Gasteiger partial charge in [-0.1, -0.05) is 41.4 Å². The van der Waals surface area contributed by atoms with Crippen LogP contribution in [0, 0.1) is 6.92 Å². The zero-order valence-corrected chi connectivity index (χ0v) is 32.1. The lowest BCUT2D eigenvalue weighted by Gasteiger charge is -2.39. The van der Waals surface area contributed by atoms with Gasteiger partial charge in [0.25, 0.3) is 0 Å². The largest absolute Gasteiger partial charge is 0.487 e. The van der Waals surface area contributed by atoms with Crippen LogP contribution in [0.1, 0.15) is 51.8 Å². The Bertz CT molecular complexity index is 1840. The van der Waals surface area contributed by atoms with Crippen molar-refractivity contribution >= 4 is 61.9 Å². The number of ether oxygens (including phenoxy) is 1. The minimum atomic E-state index is -4.31. The summed E-state index contributed by atoms with van der Waals surface area (Å²) in [6, 6.07) is 11.4. The summed E-state index contributed by atoms with van der Waals surface area (Å²) in [5.74, 6) is 0.593. The molecule has 1 aliphatic rings. The summed E-state index contributed by atoms with van der Waals surface area (Å²) >= 11 is 13.1. The number of fused-ring (bicyclic) bond motifs is 1. The summed E-state index contributed by atoms with van der Waals surface area (Å²) in [6.45, 7) is 11.8. The number of benzene rings is 2. The van der Waals surface area contributed by atoms with Crippen molar-refractivity contribution in [1.29, 1.82) is 0 Å². The molecule has 5 N–H and O–H groups in total. The lowest BCUT2D eigenvalue weighted by atomic mass is 10.0. The minimum absolute atomic E-state index is 0.117. The Hall–Kier alpha value is -3.69. The van der Waals surface area contributed by atoms with E-state index in [-0.39, 0.29) is 59.2 Å². The number of amides is 2. The Balaban J connectivity index is 1.35. The van der Waals surface area contributed by atoms with Gasteiger partial charge in [0, 0.05) is 67.5 Å². The van der Waals surface area contributed by atoms with Gasteiger partial charge in [0.05, 0.1) is 11.1 Å². The van der Waals surface area contributed by atoms with E-state index in [9.17, 15) is 18.0 Å². The zero-order chi connectivity index (χ0) is 37.3. The summed E-state index contributed by atoms with van der Waals surface area (Å²) in [4.78, 5) is 38.7. The van der Waals surface area contributed by atoms with E-state index >= 15 is 0 Å². The number of nitrogens with zero attached hydrogens (tertiary/aromatic N) is 4. The van der Waals surface area contributed by atoms with Gasteiger partial charge in [0.15, 0.2) is 5.96 Å². The number of nitrogens with one attached hydrogen (secondary N) is 3. The van der Waals surface area contributed by atoms with Crippen molar-refractivity contribution in [2.45, 2.75) is 70.5 Å². The molecule has 16 heteroatoms. The molecule has 0 spiro atoms. The number of pyridine rings is 1. The van der Waals surface area contributed by atoms with Crippen LogP contribution in [-0.4, -0.2) is 98.4 Å². The van der Waals surface area contributed by atoms with E-state index in [1.807, 2.05) is 45.0 Å². The number of rotatable bonds is 14. The maximum absolute atomic E-state index is 13.7. The number of sulfonamides is 1. The predicted molar refractivity (Wildman–Crippen MR) is 202 cm³/mol. The molecule has 1 atom stereocenters. The van der Waals surface area contributed by atoms with Gasteiger partial charge in [0.2, 0.25) is 21.8 Å². The molecule has 2 heterocycles. The second-order valence-electron chi connectivity index (χ2n) is 12.8. The van der Waals surface area contributed by atoms with E-state index in [0.717, 1.165) is 30.1 Å². The summed E-state index contributed by atoms with van der Waals surface area (Å²) in [6.07, 6.45) is 1.12. The number of hydrogen-bond donors (Lipinski definition) is 4. The molecule has 3 aromatic rings. The lowest BCUT2D eigenvalue weighted by Crippen LogP contribution is -2.61. The first-order chi connectivity index (χ1) is 24.2. The second-order valence-corrected chi connectivity index (χ2v) is 15.2. The van der Waals surface area contributed by atoms with Crippen molar-refractivity contribution in [2.24, 2.45) is 10.7 Å². The van der Waals surface area contributed by atoms with Crippen LogP contribution in [0.4, 0.5) is 0 Å². The fourth-order valence-electron chi connectivity index (χ4n) is 5.73. The van der Waals surface area contributed by atoms with E-state index in [1.165, 1.54) is 30.9 Å². The lowest BCUT2D eigenvalue weighted by molar-refractivity contribution is -0.143. The third kappa shape index (κ3) is 10.2. The quantitative estimate of drug-likeness (QED) is 0.108. The number of hydrogen-bond acceptors (Lipinski definition) is 8. The number of guanidine groups is 1. The molecule has 2 aromatic carbocycles. The molecule has 2 amide bonds. The fraction of sp³-hybridized carbons (Fsp3) is 0.486. The number of piperazine rings is 1. The SMILES string of the molecule is CCNC(=NCCC[C@@H](N)C(=O)N1CCN(C(=O)C(C)(C)NS(=O)(=O)c2ccc(Cl)c(COc3cccc4ccc(C)nc34)c2Cl)CC1)NCC. The van der Waals surface area contributed by atoms with Crippen molar-refractivity contribution < 1.29 is 22.7 Å². The first-order valence-corrected chi connectivity index (χ1v) is 19.3. The number of nitrogens with two attached hydrogens (primary N) is 1. The highest BCUT2D eigenvalue weighted by Crippen LogP contribution is 2.34. The molecule has 1 aliphatic heterocycles. The van der Waals surface area contributed by atoms with Crippen LogP contribution in [0.15, 0.2) is 52.4 Å². The van der Waals surface area contributed by atoms with Crippen LogP contribution < -0.4 is 25.8 Å². The number of carbonyl (C=O) groups is 2. The van der Waals surface area contributed by atoms with E-state index in [2.05, 4.69) is 25.3 Å². The highest BCUT2D eigenvalue weighted by molar-refractivity contribution is 7.89. The van der Waals surface area contributed by atoms with Gasteiger partial charge >= 0.3 is 0 Å².